The molecule has 0 spiro atoms. The van der Waals surface area contributed by atoms with Crippen molar-refractivity contribution in [1.82, 2.24) is 0 Å². The summed E-state index contributed by atoms with van der Waals surface area (Å²) >= 11 is 0. The summed E-state index contributed by atoms with van der Waals surface area (Å²) in [6.45, 7) is 3.81. The van der Waals surface area contributed by atoms with E-state index in [1.807, 2.05) is 0 Å². The molecule has 96 valence electrons. The number of anilines is 1. The first-order chi connectivity index (χ1) is 8.03. The second-order valence-electron chi connectivity index (χ2n) is 3.42. The Morgan fingerprint density at radius 2 is 1.71 bits per heavy atom. The molecule has 3 N–H and O–H groups in total. The summed E-state index contributed by atoms with van der Waals surface area (Å²) < 4.78 is 22.4. The fraction of sp³-hybridized carbons (Fsp3) is 0.455. The van der Waals surface area contributed by atoms with Crippen LogP contribution in [0.4, 0.5) is 5.69 Å². The van der Waals surface area contributed by atoms with Crippen LogP contribution < -0.4 is 5.73 Å². The van der Waals surface area contributed by atoms with E-state index < -0.39 is 13.4 Å². The molecule has 6 heteroatoms. The van der Waals surface area contributed by atoms with Crippen LogP contribution in [0.25, 0.3) is 0 Å². The van der Waals surface area contributed by atoms with Gasteiger partial charge in [-0.2, -0.15) is 0 Å². The van der Waals surface area contributed by atoms with E-state index >= 15 is 0 Å². The summed E-state index contributed by atoms with van der Waals surface area (Å²) in [4.78, 5) is 0. The highest BCUT2D eigenvalue weighted by molar-refractivity contribution is 7.54. The Bertz CT molecular complexity index is 383. The van der Waals surface area contributed by atoms with Crippen molar-refractivity contribution in [3.05, 3.63) is 29.8 Å². The van der Waals surface area contributed by atoms with Gasteiger partial charge in [0.25, 0.3) is 0 Å². The number of nitrogens with two attached hydrogens (primary N) is 1. The van der Waals surface area contributed by atoms with Gasteiger partial charge in [0, 0.05) is 5.69 Å². The van der Waals surface area contributed by atoms with Crippen molar-refractivity contribution in [3.8, 4) is 0 Å². The first-order valence-electron chi connectivity index (χ1n) is 5.45. The van der Waals surface area contributed by atoms with E-state index in [1.54, 1.807) is 38.1 Å². The minimum absolute atomic E-state index is 0.212. The van der Waals surface area contributed by atoms with E-state index in [0.29, 0.717) is 11.3 Å². The van der Waals surface area contributed by atoms with Crippen molar-refractivity contribution in [1.29, 1.82) is 0 Å². The molecule has 0 aliphatic rings. The molecule has 0 saturated heterocycles. The SMILES string of the molecule is CCOP(=O)(OCC)[C@@H](O)c1ccc(N)cc1. The number of aliphatic hydroxyl groups excluding tert-OH is 1. The molecule has 0 radical (unpaired) electrons. The molecule has 0 aliphatic carbocycles. The summed E-state index contributed by atoms with van der Waals surface area (Å²) in [5.74, 6) is -1.29. The van der Waals surface area contributed by atoms with Crippen molar-refractivity contribution < 1.29 is 18.7 Å². The van der Waals surface area contributed by atoms with E-state index in [0.717, 1.165) is 0 Å². The number of benzene rings is 1. The molecule has 5 nitrogen and oxygen atoms in total. The third kappa shape index (κ3) is 3.54. The third-order valence-corrected chi connectivity index (χ3v) is 4.29. The maximum atomic E-state index is 12.3. The van der Waals surface area contributed by atoms with Crippen molar-refractivity contribution in [3.63, 3.8) is 0 Å². The lowest BCUT2D eigenvalue weighted by Crippen LogP contribution is -2.06. The van der Waals surface area contributed by atoms with Crippen molar-refractivity contribution in [2.45, 2.75) is 19.7 Å². The Morgan fingerprint density at radius 1 is 1.24 bits per heavy atom. The maximum absolute atomic E-state index is 12.3. The zero-order chi connectivity index (χ0) is 12.9. The van der Waals surface area contributed by atoms with E-state index in [9.17, 15) is 9.67 Å². The van der Waals surface area contributed by atoms with Crippen LogP contribution in [0.2, 0.25) is 0 Å². The van der Waals surface area contributed by atoms with Crippen LogP contribution in [-0.4, -0.2) is 18.3 Å². The van der Waals surface area contributed by atoms with Gasteiger partial charge in [-0.25, -0.2) is 0 Å². The molecule has 0 aliphatic heterocycles. The molecule has 0 unspecified atom stereocenters. The number of hydrogen-bond donors (Lipinski definition) is 2. The van der Waals surface area contributed by atoms with E-state index in [-0.39, 0.29) is 13.2 Å². The molecule has 0 saturated carbocycles. The number of rotatable bonds is 6. The van der Waals surface area contributed by atoms with Gasteiger partial charge in [0.05, 0.1) is 13.2 Å². The van der Waals surface area contributed by atoms with Crippen LogP contribution in [0.15, 0.2) is 24.3 Å². The van der Waals surface area contributed by atoms with E-state index in [1.165, 1.54) is 0 Å². The highest BCUT2D eigenvalue weighted by atomic mass is 31.2. The Labute approximate surface area is 101 Å². The van der Waals surface area contributed by atoms with Crippen molar-refractivity contribution in [2.75, 3.05) is 18.9 Å². The smallest absolute Gasteiger partial charge is 0.363 e. The summed E-state index contributed by atoms with van der Waals surface area (Å²) in [6.07, 6.45) is 0. The lowest BCUT2D eigenvalue weighted by Gasteiger charge is -2.22. The van der Waals surface area contributed by atoms with E-state index in [4.69, 9.17) is 14.8 Å². The van der Waals surface area contributed by atoms with Crippen LogP contribution >= 0.6 is 7.60 Å². The molecule has 0 bridgehead atoms. The topological polar surface area (TPSA) is 81.8 Å². The van der Waals surface area contributed by atoms with Gasteiger partial charge >= 0.3 is 7.60 Å². The highest BCUT2D eigenvalue weighted by Crippen LogP contribution is 2.59. The van der Waals surface area contributed by atoms with Gasteiger partial charge in [0.2, 0.25) is 0 Å². The second kappa shape index (κ2) is 6.17. The first-order valence-corrected chi connectivity index (χ1v) is 7.07. The lowest BCUT2D eigenvalue weighted by molar-refractivity contribution is 0.150. The van der Waals surface area contributed by atoms with Gasteiger partial charge in [-0.15, -0.1) is 0 Å². The molecule has 17 heavy (non-hydrogen) atoms. The molecule has 0 amide bonds. The predicted molar refractivity (Wildman–Crippen MR) is 66.7 cm³/mol. The minimum atomic E-state index is -3.53. The van der Waals surface area contributed by atoms with Gasteiger partial charge in [0.15, 0.2) is 5.85 Å². The highest BCUT2D eigenvalue weighted by Gasteiger charge is 2.35. The average molecular weight is 259 g/mol. The van der Waals surface area contributed by atoms with Crippen LogP contribution in [0.1, 0.15) is 25.3 Å². The standard InChI is InChI=1S/C11H18NO4P/c1-3-15-17(14,16-4-2)11(13)9-5-7-10(12)8-6-9/h5-8,11,13H,3-4,12H2,1-2H3/t11-/m1/s1. The largest absolute Gasteiger partial charge is 0.399 e. The monoisotopic (exact) mass is 259 g/mol. The predicted octanol–water partition coefficient (Wildman–Crippen LogP) is 2.53. The molecule has 1 aromatic carbocycles. The average Bonchev–Trinajstić information content (AvgIpc) is 2.30. The zero-order valence-electron chi connectivity index (χ0n) is 10.00. The molecular formula is C11H18NO4P. The number of aliphatic hydroxyl groups is 1. The molecule has 1 aromatic rings. The Balaban J connectivity index is 2.95. The minimum Gasteiger partial charge on any atom is -0.399 e. The van der Waals surface area contributed by atoms with Crippen LogP contribution in [-0.2, 0) is 13.6 Å². The fourth-order valence-electron chi connectivity index (χ4n) is 1.39. The number of hydrogen-bond acceptors (Lipinski definition) is 5. The molecule has 1 atom stereocenters. The van der Waals surface area contributed by atoms with Crippen LogP contribution in [0.5, 0.6) is 0 Å². The normalized spacial score (nSPS) is 13.6. The summed E-state index contributed by atoms with van der Waals surface area (Å²) in [5.41, 5.74) is 6.58. The molecular weight excluding hydrogens is 241 g/mol. The molecule has 0 heterocycles. The summed E-state index contributed by atoms with van der Waals surface area (Å²) in [6, 6.07) is 6.46. The maximum Gasteiger partial charge on any atom is 0.363 e. The lowest BCUT2D eigenvalue weighted by atomic mass is 10.2. The molecule has 1 rings (SSSR count). The van der Waals surface area contributed by atoms with Gasteiger partial charge < -0.3 is 19.9 Å². The molecule has 0 fully saturated rings. The van der Waals surface area contributed by atoms with Gasteiger partial charge in [-0.1, -0.05) is 12.1 Å². The van der Waals surface area contributed by atoms with Crippen LogP contribution in [0, 0.1) is 0 Å². The van der Waals surface area contributed by atoms with Crippen molar-refractivity contribution >= 4 is 13.3 Å². The van der Waals surface area contributed by atoms with Gasteiger partial charge in [-0.3, -0.25) is 4.57 Å². The fourth-order valence-corrected chi connectivity index (χ4v) is 3.00. The summed E-state index contributed by atoms with van der Waals surface area (Å²) in [7, 11) is -3.53. The van der Waals surface area contributed by atoms with Crippen molar-refractivity contribution in [2.24, 2.45) is 0 Å². The number of nitrogen functional groups attached to an aromatic ring is 1. The first kappa shape index (κ1) is 14.2. The second-order valence-corrected chi connectivity index (χ2v) is 5.50. The van der Waals surface area contributed by atoms with E-state index in [2.05, 4.69) is 0 Å². The Kier molecular flexibility index (Phi) is 5.15. The molecule has 0 aromatic heterocycles. The third-order valence-electron chi connectivity index (χ3n) is 2.15. The Hall–Kier alpha value is -0.870. The quantitative estimate of drug-likeness (QED) is 0.606. The summed E-state index contributed by atoms with van der Waals surface area (Å²) in [5, 5.41) is 10.0. The van der Waals surface area contributed by atoms with Gasteiger partial charge in [0.1, 0.15) is 0 Å². The van der Waals surface area contributed by atoms with Crippen LogP contribution in [0.3, 0.4) is 0 Å². The zero-order valence-corrected chi connectivity index (χ0v) is 10.9. The van der Waals surface area contributed by atoms with Gasteiger partial charge in [-0.05, 0) is 31.5 Å². The Morgan fingerprint density at radius 3 is 2.12 bits per heavy atom.